The van der Waals surface area contributed by atoms with Crippen molar-refractivity contribution in [3.05, 3.63) is 0 Å². The minimum Gasteiger partial charge on any atom is -0.269 e. The summed E-state index contributed by atoms with van der Waals surface area (Å²) in [5.41, 5.74) is -2.72. The minimum absolute atomic E-state index is 0.140. The van der Waals surface area contributed by atoms with E-state index in [-0.39, 0.29) is 6.67 Å². The molecule has 0 aromatic heterocycles. The van der Waals surface area contributed by atoms with Crippen LogP contribution in [0, 0.1) is 11.3 Å². The van der Waals surface area contributed by atoms with Crippen LogP contribution in [0.1, 0.15) is 0 Å². The average molecular weight is 143 g/mol. The Balaban J connectivity index is 2.97. The van der Waals surface area contributed by atoms with Gasteiger partial charge in [-0.1, -0.05) is 0 Å². The summed E-state index contributed by atoms with van der Waals surface area (Å²) in [4.78, 5) is 6.31. The molecular formula is C5H3F2N3. The van der Waals surface area contributed by atoms with Crippen molar-refractivity contribution < 1.29 is 8.78 Å². The molecule has 3 nitrogen and oxygen atoms in total. The van der Waals surface area contributed by atoms with E-state index in [1.165, 1.54) is 0 Å². The number of aliphatic imine (C=N–C) groups is 2. The average Bonchev–Trinajstić information content (AvgIpc) is 1.96. The zero-order chi connectivity index (χ0) is 7.61. The van der Waals surface area contributed by atoms with Crippen molar-refractivity contribution in [2.45, 2.75) is 5.67 Å². The molecule has 0 N–H and O–H groups in total. The lowest BCUT2D eigenvalue weighted by Gasteiger charge is -2.10. The van der Waals surface area contributed by atoms with Crippen LogP contribution in [0.3, 0.4) is 0 Å². The van der Waals surface area contributed by atoms with Crippen molar-refractivity contribution in [2.24, 2.45) is 9.98 Å². The van der Waals surface area contributed by atoms with E-state index in [0.717, 1.165) is 6.07 Å². The van der Waals surface area contributed by atoms with Crippen molar-refractivity contribution in [1.29, 1.82) is 5.26 Å². The van der Waals surface area contributed by atoms with Gasteiger partial charge in [0, 0.05) is 0 Å². The molecule has 0 saturated carbocycles. The Morgan fingerprint density at radius 1 is 1.80 bits per heavy atom. The lowest BCUT2D eigenvalue weighted by Crippen LogP contribution is -2.33. The van der Waals surface area contributed by atoms with Gasteiger partial charge in [0.15, 0.2) is 0 Å². The van der Waals surface area contributed by atoms with E-state index in [2.05, 4.69) is 9.98 Å². The summed E-state index contributed by atoms with van der Waals surface area (Å²) in [5.74, 6) is -1.31. The van der Waals surface area contributed by atoms with Crippen LogP contribution in [-0.4, -0.2) is 24.5 Å². The van der Waals surface area contributed by atoms with Crippen molar-refractivity contribution in [3.63, 3.8) is 0 Å². The number of nitriles is 1. The quantitative estimate of drug-likeness (QED) is 0.490. The van der Waals surface area contributed by atoms with Gasteiger partial charge in [-0.05, 0) is 0 Å². The maximum absolute atomic E-state index is 12.7. The number of hydrogen-bond acceptors (Lipinski definition) is 3. The molecular weight excluding hydrogens is 140 g/mol. The van der Waals surface area contributed by atoms with Crippen LogP contribution in [-0.2, 0) is 0 Å². The standard InChI is InChI=1S/C5H3F2N3/c6-4-5(7,1-8)2-9-3-10-4/h2H,3H2. The Kier molecular flexibility index (Phi) is 1.45. The second-order valence-corrected chi connectivity index (χ2v) is 1.73. The molecule has 1 unspecified atom stereocenters. The highest BCUT2D eigenvalue weighted by molar-refractivity contribution is 6.05. The molecule has 1 aliphatic rings. The van der Waals surface area contributed by atoms with Crippen LogP contribution in [0.2, 0.25) is 0 Å². The zero-order valence-electron chi connectivity index (χ0n) is 4.88. The largest absolute Gasteiger partial charge is 0.298 e. The van der Waals surface area contributed by atoms with E-state index >= 15 is 0 Å². The van der Waals surface area contributed by atoms with Gasteiger partial charge in [0.1, 0.15) is 12.7 Å². The lowest BCUT2D eigenvalue weighted by atomic mass is 10.1. The predicted octanol–water partition coefficient (Wildman–Crippen LogP) is 0.628. The highest BCUT2D eigenvalue weighted by atomic mass is 19.2. The highest BCUT2D eigenvalue weighted by Gasteiger charge is 2.36. The maximum atomic E-state index is 12.7. The molecule has 0 fully saturated rings. The van der Waals surface area contributed by atoms with Crippen molar-refractivity contribution in [2.75, 3.05) is 6.67 Å². The van der Waals surface area contributed by atoms with Gasteiger partial charge < -0.3 is 0 Å². The summed E-state index contributed by atoms with van der Waals surface area (Å²) in [7, 11) is 0. The Morgan fingerprint density at radius 2 is 2.50 bits per heavy atom. The summed E-state index contributed by atoms with van der Waals surface area (Å²) in [5, 5.41) is 8.08. The molecule has 1 atom stereocenters. The van der Waals surface area contributed by atoms with E-state index in [1.807, 2.05) is 0 Å². The molecule has 52 valence electrons. The van der Waals surface area contributed by atoms with Crippen LogP contribution < -0.4 is 0 Å². The smallest absolute Gasteiger partial charge is 0.269 e. The lowest BCUT2D eigenvalue weighted by molar-refractivity contribution is 0.403. The third-order valence-electron chi connectivity index (χ3n) is 1.02. The van der Waals surface area contributed by atoms with E-state index in [9.17, 15) is 8.78 Å². The van der Waals surface area contributed by atoms with Gasteiger partial charge in [-0.15, -0.1) is 0 Å². The topological polar surface area (TPSA) is 48.5 Å². The fourth-order valence-corrected chi connectivity index (χ4v) is 0.513. The van der Waals surface area contributed by atoms with E-state index in [4.69, 9.17) is 5.26 Å². The Bertz CT molecular complexity index is 240. The minimum atomic E-state index is -2.72. The molecule has 10 heavy (non-hydrogen) atoms. The monoisotopic (exact) mass is 143 g/mol. The first kappa shape index (κ1) is 6.81. The number of alkyl halides is 1. The van der Waals surface area contributed by atoms with Gasteiger partial charge in [0.25, 0.3) is 5.67 Å². The number of hydrogen-bond donors (Lipinski definition) is 0. The van der Waals surface area contributed by atoms with Crippen LogP contribution in [0.5, 0.6) is 0 Å². The molecule has 1 heterocycles. The Morgan fingerprint density at radius 3 is 2.90 bits per heavy atom. The van der Waals surface area contributed by atoms with Crippen LogP contribution >= 0.6 is 0 Å². The number of halogens is 2. The molecule has 5 heteroatoms. The SMILES string of the molecule is N#CC1(F)C=NCN=C1F. The first-order chi connectivity index (χ1) is 4.69. The molecule has 0 aromatic carbocycles. The number of rotatable bonds is 0. The summed E-state index contributed by atoms with van der Waals surface area (Å²) in [6.45, 7) is -0.140. The summed E-state index contributed by atoms with van der Waals surface area (Å²) >= 11 is 0. The van der Waals surface area contributed by atoms with Crippen LogP contribution in [0.25, 0.3) is 0 Å². The van der Waals surface area contributed by atoms with Crippen molar-refractivity contribution >= 4 is 12.2 Å². The molecule has 0 saturated heterocycles. The van der Waals surface area contributed by atoms with Gasteiger partial charge in [0.2, 0.25) is 5.97 Å². The molecule has 1 rings (SSSR count). The third-order valence-corrected chi connectivity index (χ3v) is 1.02. The summed E-state index contributed by atoms with van der Waals surface area (Å²) in [6.07, 6.45) is 0.620. The second kappa shape index (κ2) is 2.14. The van der Waals surface area contributed by atoms with Gasteiger partial charge in [-0.2, -0.15) is 9.65 Å². The summed E-state index contributed by atoms with van der Waals surface area (Å²) < 4.78 is 25.0. The van der Waals surface area contributed by atoms with Gasteiger partial charge in [-0.25, -0.2) is 9.38 Å². The molecule has 0 bridgehead atoms. The fraction of sp³-hybridized carbons (Fsp3) is 0.400. The molecule has 0 aromatic rings. The van der Waals surface area contributed by atoms with Crippen molar-refractivity contribution in [3.8, 4) is 6.07 Å². The predicted molar refractivity (Wildman–Crippen MR) is 31.4 cm³/mol. The van der Waals surface area contributed by atoms with Gasteiger partial charge in [0.05, 0.1) is 6.21 Å². The first-order valence-corrected chi connectivity index (χ1v) is 2.50. The first-order valence-electron chi connectivity index (χ1n) is 2.50. The van der Waals surface area contributed by atoms with E-state index in [1.54, 1.807) is 0 Å². The highest BCUT2D eigenvalue weighted by Crippen LogP contribution is 2.13. The normalized spacial score (nSPS) is 31.1. The maximum Gasteiger partial charge on any atom is 0.298 e. The summed E-state index contributed by atoms with van der Waals surface area (Å²) in [6, 6.07) is 1.11. The molecule has 0 spiro atoms. The second-order valence-electron chi connectivity index (χ2n) is 1.73. The molecule has 0 amide bonds. The van der Waals surface area contributed by atoms with Crippen molar-refractivity contribution in [1.82, 2.24) is 0 Å². The van der Waals surface area contributed by atoms with E-state index in [0.29, 0.717) is 6.21 Å². The Labute approximate surface area is 55.7 Å². The molecule has 0 aliphatic carbocycles. The number of nitrogens with zero attached hydrogens (tertiary/aromatic N) is 3. The Hall–Kier alpha value is -1.31. The fourth-order valence-electron chi connectivity index (χ4n) is 0.513. The molecule has 1 aliphatic heterocycles. The third kappa shape index (κ3) is 0.880. The zero-order valence-corrected chi connectivity index (χ0v) is 4.88. The van der Waals surface area contributed by atoms with Gasteiger partial charge >= 0.3 is 0 Å². The van der Waals surface area contributed by atoms with Gasteiger partial charge in [-0.3, -0.25) is 4.99 Å². The van der Waals surface area contributed by atoms with Crippen LogP contribution in [0.4, 0.5) is 8.78 Å². The molecule has 0 radical (unpaired) electrons. The van der Waals surface area contributed by atoms with E-state index < -0.39 is 11.6 Å². The van der Waals surface area contributed by atoms with Crippen LogP contribution in [0.15, 0.2) is 9.98 Å².